The van der Waals surface area contributed by atoms with E-state index in [4.69, 9.17) is 27.9 Å². The maximum Gasteiger partial charge on any atom is 0.355 e. The Morgan fingerprint density at radius 1 is 1.27 bits per heavy atom. The second-order valence-electron chi connectivity index (χ2n) is 6.08. The first-order chi connectivity index (χ1) is 14.2. The monoisotopic (exact) mass is 448 g/mol. The highest BCUT2D eigenvalue weighted by Crippen LogP contribution is 2.36. The number of esters is 1. The highest BCUT2D eigenvalue weighted by molar-refractivity contribution is 6.39. The zero-order valence-electron chi connectivity index (χ0n) is 15.4. The molecule has 8 nitrogen and oxygen atoms in total. The molecular weight excluding hydrogens is 435 g/mol. The summed E-state index contributed by atoms with van der Waals surface area (Å²) in [7, 11) is 0. The van der Waals surface area contributed by atoms with Crippen molar-refractivity contribution in [3.63, 3.8) is 0 Å². The van der Waals surface area contributed by atoms with Crippen LogP contribution in [0.3, 0.4) is 0 Å². The largest absolute Gasteiger partial charge is 0.478 e. The predicted molar refractivity (Wildman–Crippen MR) is 113 cm³/mol. The number of hydrogen-bond donors (Lipinski definition) is 2. The highest BCUT2D eigenvalue weighted by atomic mass is 35.5. The van der Waals surface area contributed by atoms with E-state index in [2.05, 4.69) is 4.98 Å². The molecule has 0 amide bonds. The van der Waals surface area contributed by atoms with Crippen molar-refractivity contribution in [1.29, 1.82) is 0 Å². The predicted octanol–water partition coefficient (Wildman–Crippen LogP) is 5.18. The van der Waals surface area contributed by atoms with Gasteiger partial charge in [-0.3, -0.25) is 10.1 Å². The van der Waals surface area contributed by atoms with E-state index in [9.17, 15) is 24.8 Å². The standard InChI is InChI=1S/C20H14Cl2N2O6/c1-2-30-20(27)18-13(17-14(22)7-10(21)8-15(17)23-18)9-12(19(25)26)11-5-3-4-6-16(11)24(28)29/h3-9,23H,2H2,1H3,(H,25,26)/b12-9-. The van der Waals surface area contributed by atoms with Crippen LogP contribution in [0.1, 0.15) is 28.5 Å². The summed E-state index contributed by atoms with van der Waals surface area (Å²) in [5.41, 5.74) is -0.440. The van der Waals surface area contributed by atoms with Gasteiger partial charge in [0.25, 0.3) is 5.69 Å². The lowest BCUT2D eigenvalue weighted by Crippen LogP contribution is -2.08. The number of benzene rings is 2. The number of nitrogens with one attached hydrogen (secondary N) is 1. The number of aromatic nitrogens is 1. The summed E-state index contributed by atoms with van der Waals surface area (Å²) in [5.74, 6) is -2.15. The van der Waals surface area contributed by atoms with Crippen LogP contribution in [0, 0.1) is 10.1 Å². The number of hydrogen-bond acceptors (Lipinski definition) is 5. The average Bonchev–Trinajstić information content (AvgIpc) is 3.04. The molecule has 0 atom stereocenters. The van der Waals surface area contributed by atoms with E-state index in [0.717, 1.165) is 6.08 Å². The molecule has 30 heavy (non-hydrogen) atoms. The fraction of sp³-hybridized carbons (Fsp3) is 0.100. The Bertz CT molecular complexity index is 1220. The minimum Gasteiger partial charge on any atom is -0.478 e. The lowest BCUT2D eigenvalue weighted by molar-refractivity contribution is -0.385. The van der Waals surface area contributed by atoms with Crippen LogP contribution < -0.4 is 0 Å². The molecule has 0 bridgehead atoms. The van der Waals surface area contributed by atoms with Gasteiger partial charge in [-0.15, -0.1) is 0 Å². The maximum atomic E-state index is 12.5. The topological polar surface area (TPSA) is 123 Å². The molecule has 0 fully saturated rings. The third kappa shape index (κ3) is 4.00. The van der Waals surface area contributed by atoms with Gasteiger partial charge in [-0.05, 0) is 31.2 Å². The average molecular weight is 449 g/mol. The van der Waals surface area contributed by atoms with Crippen molar-refractivity contribution in [3.8, 4) is 0 Å². The number of H-pyrrole nitrogens is 1. The smallest absolute Gasteiger partial charge is 0.355 e. The van der Waals surface area contributed by atoms with Crippen LogP contribution in [0.15, 0.2) is 36.4 Å². The Morgan fingerprint density at radius 3 is 2.60 bits per heavy atom. The summed E-state index contributed by atoms with van der Waals surface area (Å²) in [6.45, 7) is 1.71. The number of nitrogens with zero attached hydrogens (tertiary/aromatic N) is 1. The van der Waals surface area contributed by atoms with Crippen LogP contribution in [-0.2, 0) is 9.53 Å². The fourth-order valence-corrected chi connectivity index (χ4v) is 3.64. The minimum absolute atomic E-state index is 0.0478. The number of carboxylic acid groups (broad SMARTS) is 1. The molecule has 0 spiro atoms. The summed E-state index contributed by atoms with van der Waals surface area (Å²) in [5, 5.41) is 22.0. The van der Waals surface area contributed by atoms with E-state index in [1.807, 2.05) is 0 Å². The molecule has 10 heteroatoms. The van der Waals surface area contributed by atoms with Gasteiger partial charge in [0.05, 0.1) is 27.7 Å². The zero-order chi connectivity index (χ0) is 22.0. The first kappa shape index (κ1) is 21.4. The van der Waals surface area contributed by atoms with Gasteiger partial charge in [-0.25, -0.2) is 9.59 Å². The Kier molecular flexibility index (Phi) is 6.09. The zero-order valence-corrected chi connectivity index (χ0v) is 17.0. The second-order valence-corrected chi connectivity index (χ2v) is 6.93. The first-order valence-corrected chi connectivity index (χ1v) is 9.36. The summed E-state index contributed by atoms with van der Waals surface area (Å²) in [6.07, 6.45) is 1.16. The van der Waals surface area contributed by atoms with E-state index in [-0.39, 0.29) is 34.0 Å². The number of carbonyl (C=O) groups excluding carboxylic acids is 1. The van der Waals surface area contributed by atoms with Crippen LogP contribution in [0.4, 0.5) is 5.69 Å². The van der Waals surface area contributed by atoms with Gasteiger partial charge in [0.1, 0.15) is 5.69 Å². The van der Waals surface area contributed by atoms with Crippen molar-refractivity contribution in [2.24, 2.45) is 0 Å². The van der Waals surface area contributed by atoms with Gasteiger partial charge in [-0.2, -0.15) is 0 Å². The number of rotatable bonds is 6. The van der Waals surface area contributed by atoms with Gasteiger partial charge in [-0.1, -0.05) is 35.3 Å². The molecule has 0 saturated carbocycles. The molecule has 154 valence electrons. The van der Waals surface area contributed by atoms with Crippen molar-refractivity contribution in [2.45, 2.75) is 6.92 Å². The van der Waals surface area contributed by atoms with Crippen molar-refractivity contribution in [3.05, 3.63) is 73.4 Å². The number of aliphatic carboxylic acids is 1. The van der Waals surface area contributed by atoms with Crippen LogP contribution >= 0.6 is 23.2 Å². The number of halogens is 2. The summed E-state index contributed by atoms with van der Waals surface area (Å²) in [4.78, 5) is 38.0. The van der Waals surface area contributed by atoms with Gasteiger partial charge in [0, 0.05) is 27.6 Å². The number of nitro groups is 1. The highest BCUT2D eigenvalue weighted by Gasteiger charge is 2.25. The number of ether oxygens (including phenoxy) is 1. The molecule has 0 radical (unpaired) electrons. The number of carbonyl (C=O) groups is 2. The van der Waals surface area contributed by atoms with Gasteiger partial charge >= 0.3 is 11.9 Å². The summed E-state index contributed by atoms with van der Waals surface area (Å²) in [6, 6.07) is 8.38. The number of fused-ring (bicyclic) bond motifs is 1. The van der Waals surface area contributed by atoms with Gasteiger partial charge in [0.2, 0.25) is 0 Å². The molecule has 0 unspecified atom stereocenters. The van der Waals surface area contributed by atoms with E-state index in [1.165, 1.54) is 36.4 Å². The molecule has 3 aromatic rings. The van der Waals surface area contributed by atoms with Gasteiger partial charge < -0.3 is 14.8 Å². The van der Waals surface area contributed by atoms with Crippen LogP contribution in [0.5, 0.6) is 0 Å². The molecule has 3 rings (SSSR count). The quantitative estimate of drug-likeness (QED) is 0.231. The van der Waals surface area contributed by atoms with E-state index in [1.54, 1.807) is 6.92 Å². The van der Waals surface area contributed by atoms with E-state index >= 15 is 0 Å². The molecule has 0 saturated heterocycles. The molecule has 1 aromatic heterocycles. The summed E-state index contributed by atoms with van der Waals surface area (Å²) < 4.78 is 5.05. The first-order valence-electron chi connectivity index (χ1n) is 8.61. The second kappa shape index (κ2) is 8.56. The van der Waals surface area contributed by atoms with E-state index < -0.39 is 22.5 Å². The lowest BCUT2D eigenvalue weighted by Gasteiger charge is -2.06. The Hall–Kier alpha value is -3.36. The third-order valence-electron chi connectivity index (χ3n) is 4.24. The van der Waals surface area contributed by atoms with Crippen LogP contribution in [0.25, 0.3) is 22.6 Å². The van der Waals surface area contributed by atoms with Crippen LogP contribution in [-0.4, -0.2) is 33.6 Å². The molecule has 0 aliphatic carbocycles. The normalized spacial score (nSPS) is 11.5. The fourth-order valence-electron chi connectivity index (χ4n) is 3.04. The number of carboxylic acids is 1. The van der Waals surface area contributed by atoms with E-state index in [0.29, 0.717) is 15.9 Å². The SMILES string of the molecule is CCOC(=O)c1[nH]c2cc(Cl)cc(Cl)c2c1/C=C(\C(=O)O)c1ccccc1[N+](=O)[O-]. The van der Waals surface area contributed by atoms with Crippen molar-refractivity contribution < 1.29 is 24.4 Å². The van der Waals surface area contributed by atoms with Crippen molar-refractivity contribution in [2.75, 3.05) is 6.61 Å². The summed E-state index contributed by atoms with van der Waals surface area (Å²) >= 11 is 12.3. The Balaban J connectivity index is 2.37. The maximum absolute atomic E-state index is 12.5. The number of aromatic amines is 1. The van der Waals surface area contributed by atoms with Crippen molar-refractivity contribution >= 4 is 63.4 Å². The molecular formula is C20H14Cl2N2O6. The van der Waals surface area contributed by atoms with Crippen molar-refractivity contribution in [1.82, 2.24) is 4.98 Å². The third-order valence-corrected chi connectivity index (χ3v) is 4.76. The molecule has 2 N–H and O–H groups in total. The number of nitro benzene ring substituents is 1. The number of para-hydroxylation sites is 1. The Labute approximate surface area is 179 Å². The van der Waals surface area contributed by atoms with Crippen LogP contribution in [0.2, 0.25) is 10.0 Å². The molecule has 0 aliphatic heterocycles. The molecule has 1 heterocycles. The van der Waals surface area contributed by atoms with Gasteiger partial charge in [0.15, 0.2) is 0 Å². The molecule has 2 aromatic carbocycles. The Morgan fingerprint density at radius 2 is 1.97 bits per heavy atom. The lowest BCUT2D eigenvalue weighted by atomic mass is 9.99. The molecule has 0 aliphatic rings. The minimum atomic E-state index is -1.42.